The van der Waals surface area contributed by atoms with Gasteiger partial charge in [0.15, 0.2) is 0 Å². The zero-order valence-corrected chi connectivity index (χ0v) is 15.8. The molecule has 0 bridgehead atoms. The number of carbonyl (C=O) groups excluding carboxylic acids is 1. The van der Waals surface area contributed by atoms with Crippen LogP contribution in [-0.4, -0.2) is 46.4 Å². The first kappa shape index (κ1) is 19.2. The molecule has 1 saturated heterocycles. The van der Waals surface area contributed by atoms with Crippen LogP contribution >= 0.6 is 0 Å². The summed E-state index contributed by atoms with van der Waals surface area (Å²) in [5, 5.41) is 11.7. The van der Waals surface area contributed by atoms with Gasteiger partial charge in [0, 0.05) is 6.42 Å². The fraction of sp³-hybridized carbons (Fsp3) is 0.429. The van der Waals surface area contributed by atoms with Gasteiger partial charge < -0.3 is 14.6 Å². The van der Waals surface area contributed by atoms with Crippen molar-refractivity contribution in [1.29, 1.82) is 0 Å². The number of hydrogen-bond donors (Lipinski definition) is 1. The van der Waals surface area contributed by atoms with E-state index >= 15 is 0 Å². The monoisotopic (exact) mass is 371 g/mol. The molecule has 1 aliphatic rings. The summed E-state index contributed by atoms with van der Waals surface area (Å²) in [6.07, 6.45) is -0.709. The standard InChI is InChI=1S/C21H25NO5/c1-21(2,3)27-20(25)22-12-17(11-18(22)19(23)24)26-13-14-8-9-15-6-4-5-7-16(15)10-14/h4-10,17-18H,11-13H2,1-3H3,(H,23,24)/t17-,18-/m1/s1. The number of carbonyl (C=O) groups is 2. The maximum Gasteiger partial charge on any atom is 0.411 e. The number of aliphatic carboxylic acids is 1. The summed E-state index contributed by atoms with van der Waals surface area (Å²) in [7, 11) is 0. The number of likely N-dealkylation sites (tertiary alicyclic amines) is 1. The highest BCUT2D eigenvalue weighted by Gasteiger charge is 2.42. The first-order valence-electron chi connectivity index (χ1n) is 9.04. The van der Waals surface area contributed by atoms with Crippen molar-refractivity contribution in [1.82, 2.24) is 4.90 Å². The van der Waals surface area contributed by atoms with Gasteiger partial charge in [0.2, 0.25) is 0 Å². The Morgan fingerprint density at radius 3 is 2.52 bits per heavy atom. The summed E-state index contributed by atoms with van der Waals surface area (Å²) in [4.78, 5) is 25.1. The molecule has 2 aromatic rings. The van der Waals surface area contributed by atoms with Crippen molar-refractivity contribution >= 4 is 22.8 Å². The SMILES string of the molecule is CC(C)(C)OC(=O)N1C[C@H](OCc2ccc3ccccc3c2)C[C@@H]1C(=O)O. The zero-order valence-electron chi connectivity index (χ0n) is 15.8. The van der Waals surface area contributed by atoms with Gasteiger partial charge in [-0.05, 0) is 43.2 Å². The number of carboxylic acids is 1. The van der Waals surface area contributed by atoms with Crippen molar-refractivity contribution in [3.05, 3.63) is 48.0 Å². The van der Waals surface area contributed by atoms with Crippen LogP contribution < -0.4 is 0 Å². The fourth-order valence-corrected chi connectivity index (χ4v) is 3.22. The summed E-state index contributed by atoms with van der Waals surface area (Å²) in [6.45, 7) is 5.84. The van der Waals surface area contributed by atoms with E-state index in [2.05, 4.69) is 6.07 Å². The van der Waals surface area contributed by atoms with Crippen molar-refractivity contribution in [2.24, 2.45) is 0 Å². The second kappa shape index (κ2) is 7.56. The minimum atomic E-state index is -1.04. The number of hydrogen-bond acceptors (Lipinski definition) is 4. The molecule has 0 unspecified atom stereocenters. The minimum absolute atomic E-state index is 0.208. The molecule has 1 N–H and O–H groups in total. The molecular weight excluding hydrogens is 346 g/mol. The van der Waals surface area contributed by atoms with Crippen LogP contribution in [0.2, 0.25) is 0 Å². The van der Waals surface area contributed by atoms with Crippen LogP contribution in [-0.2, 0) is 20.9 Å². The molecule has 3 rings (SSSR count). The second-order valence-corrected chi connectivity index (χ2v) is 7.84. The van der Waals surface area contributed by atoms with Gasteiger partial charge in [-0.1, -0.05) is 36.4 Å². The normalized spacial score (nSPS) is 20.0. The van der Waals surface area contributed by atoms with Crippen molar-refractivity contribution < 1.29 is 24.2 Å². The predicted octanol–water partition coefficient (Wildman–Crippen LogP) is 3.82. The maximum atomic E-state index is 12.3. The Labute approximate surface area is 158 Å². The number of amides is 1. The molecule has 0 saturated carbocycles. The van der Waals surface area contributed by atoms with Crippen LogP contribution in [0.15, 0.2) is 42.5 Å². The van der Waals surface area contributed by atoms with Gasteiger partial charge in [-0.3, -0.25) is 4.90 Å². The summed E-state index contributed by atoms with van der Waals surface area (Å²) in [6, 6.07) is 13.2. The Kier molecular flexibility index (Phi) is 5.37. The number of ether oxygens (including phenoxy) is 2. The summed E-state index contributed by atoms with van der Waals surface area (Å²) in [5.41, 5.74) is 0.334. The van der Waals surface area contributed by atoms with Gasteiger partial charge >= 0.3 is 12.1 Å². The van der Waals surface area contributed by atoms with E-state index in [4.69, 9.17) is 9.47 Å². The lowest BCUT2D eigenvalue weighted by Crippen LogP contribution is -2.43. The lowest BCUT2D eigenvalue weighted by Gasteiger charge is -2.26. The molecule has 1 fully saturated rings. The van der Waals surface area contributed by atoms with Gasteiger partial charge in [-0.25, -0.2) is 9.59 Å². The maximum absolute atomic E-state index is 12.3. The highest BCUT2D eigenvalue weighted by Crippen LogP contribution is 2.25. The van der Waals surface area contributed by atoms with Crippen LogP contribution in [0.1, 0.15) is 32.8 Å². The molecule has 6 heteroatoms. The largest absolute Gasteiger partial charge is 0.480 e. The van der Waals surface area contributed by atoms with Crippen LogP contribution in [0.4, 0.5) is 4.79 Å². The molecule has 2 atom stereocenters. The number of rotatable bonds is 4. The predicted molar refractivity (Wildman–Crippen MR) is 102 cm³/mol. The molecular formula is C21H25NO5. The molecule has 144 valence electrons. The van der Waals surface area contributed by atoms with Gasteiger partial charge in [0.1, 0.15) is 11.6 Å². The Hall–Kier alpha value is -2.60. The molecule has 0 spiro atoms. The number of fused-ring (bicyclic) bond motifs is 1. The number of carboxylic acid groups (broad SMARTS) is 1. The summed E-state index contributed by atoms with van der Waals surface area (Å²) in [5.74, 6) is -1.04. The topological polar surface area (TPSA) is 76.1 Å². The quantitative estimate of drug-likeness (QED) is 0.884. The fourth-order valence-electron chi connectivity index (χ4n) is 3.22. The Morgan fingerprint density at radius 1 is 1.15 bits per heavy atom. The van der Waals surface area contributed by atoms with Crippen LogP contribution in [0.25, 0.3) is 10.8 Å². The highest BCUT2D eigenvalue weighted by molar-refractivity contribution is 5.83. The smallest absolute Gasteiger partial charge is 0.411 e. The van der Waals surface area contributed by atoms with Gasteiger partial charge in [0.05, 0.1) is 19.3 Å². The average molecular weight is 371 g/mol. The van der Waals surface area contributed by atoms with E-state index in [0.717, 1.165) is 16.3 Å². The van der Waals surface area contributed by atoms with Gasteiger partial charge in [-0.2, -0.15) is 0 Å². The molecule has 0 aromatic heterocycles. The average Bonchev–Trinajstić information content (AvgIpc) is 3.03. The van der Waals surface area contributed by atoms with Crippen molar-refractivity contribution in [3.8, 4) is 0 Å². The number of nitrogens with zero attached hydrogens (tertiary/aromatic N) is 1. The molecule has 27 heavy (non-hydrogen) atoms. The van der Waals surface area contributed by atoms with Crippen molar-refractivity contribution in [2.75, 3.05) is 6.54 Å². The molecule has 2 aromatic carbocycles. The van der Waals surface area contributed by atoms with Crippen LogP contribution in [0, 0.1) is 0 Å². The van der Waals surface area contributed by atoms with E-state index in [1.807, 2.05) is 36.4 Å². The molecule has 6 nitrogen and oxygen atoms in total. The lowest BCUT2D eigenvalue weighted by molar-refractivity contribution is -0.142. The van der Waals surface area contributed by atoms with E-state index in [1.165, 1.54) is 4.90 Å². The van der Waals surface area contributed by atoms with Crippen molar-refractivity contribution in [2.45, 2.75) is 51.5 Å². The number of benzene rings is 2. The van der Waals surface area contributed by atoms with E-state index in [9.17, 15) is 14.7 Å². The highest BCUT2D eigenvalue weighted by atomic mass is 16.6. The second-order valence-electron chi connectivity index (χ2n) is 7.84. The summed E-state index contributed by atoms with van der Waals surface area (Å²) < 4.78 is 11.2. The summed E-state index contributed by atoms with van der Waals surface area (Å²) >= 11 is 0. The third-order valence-corrected chi connectivity index (χ3v) is 4.48. The molecule has 0 aliphatic carbocycles. The van der Waals surface area contributed by atoms with Gasteiger partial charge in [-0.15, -0.1) is 0 Å². The minimum Gasteiger partial charge on any atom is -0.480 e. The lowest BCUT2D eigenvalue weighted by atomic mass is 10.1. The molecule has 1 amide bonds. The molecule has 1 heterocycles. The van der Waals surface area contributed by atoms with E-state index in [1.54, 1.807) is 20.8 Å². The van der Waals surface area contributed by atoms with Gasteiger partial charge in [0.25, 0.3) is 0 Å². The molecule has 0 radical (unpaired) electrons. The van der Waals surface area contributed by atoms with Crippen LogP contribution in [0.3, 0.4) is 0 Å². The Bertz CT molecular complexity index is 842. The first-order chi connectivity index (χ1) is 12.7. The van der Waals surface area contributed by atoms with E-state index in [0.29, 0.717) is 6.61 Å². The Morgan fingerprint density at radius 2 is 1.85 bits per heavy atom. The third kappa shape index (κ3) is 4.77. The van der Waals surface area contributed by atoms with E-state index in [-0.39, 0.29) is 19.1 Å². The van der Waals surface area contributed by atoms with Crippen LogP contribution in [0.5, 0.6) is 0 Å². The molecule has 1 aliphatic heterocycles. The van der Waals surface area contributed by atoms with Crippen molar-refractivity contribution in [3.63, 3.8) is 0 Å². The third-order valence-electron chi connectivity index (χ3n) is 4.48. The first-order valence-corrected chi connectivity index (χ1v) is 9.04. The Balaban J connectivity index is 1.64. The zero-order chi connectivity index (χ0) is 19.6. The van der Waals surface area contributed by atoms with E-state index < -0.39 is 23.7 Å².